The van der Waals surface area contributed by atoms with Crippen molar-refractivity contribution in [1.29, 1.82) is 0 Å². The molecule has 7 heteroatoms. The van der Waals surface area contributed by atoms with E-state index in [1.807, 2.05) is 6.07 Å². The maximum Gasteiger partial charge on any atom is 0.261 e. The van der Waals surface area contributed by atoms with E-state index in [0.717, 1.165) is 12.8 Å². The van der Waals surface area contributed by atoms with Crippen molar-refractivity contribution in [3.05, 3.63) is 49.6 Å². The number of rotatable bonds is 4. The van der Waals surface area contributed by atoms with Gasteiger partial charge in [-0.15, -0.1) is 11.3 Å². The van der Waals surface area contributed by atoms with Gasteiger partial charge in [0.25, 0.3) is 5.91 Å². The van der Waals surface area contributed by atoms with Crippen LogP contribution in [-0.4, -0.2) is 18.4 Å². The highest BCUT2D eigenvalue weighted by Crippen LogP contribution is 2.29. The van der Waals surface area contributed by atoms with E-state index in [1.54, 1.807) is 18.2 Å². The van der Waals surface area contributed by atoms with E-state index < -0.39 is 0 Å². The van der Waals surface area contributed by atoms with Crippen molar-refractivity contribution in [2.24, 2.45) is 0 Å². The summed E-state index contributed by atoms with van der Waals surface area (Å²) in [5.41, 5.74) is 1.70. The smallest absolute Gasteiger partial charge is 0.261 e. The number of nitrogens with one attached hydrogen (secondary N) is 2. The van der Waals surface area contributed by atoms with Crippen LogP contribution in [0.25, 0.3) is 0 Å². The first-order chi connectivity index (χ1) is 11.5. The van der Waals surface area contributed by atoms with Crippen LogP contribution in [0.3, 0.4) is 0 Å². The number of benzene rings is 1. The van der Waals surface area contributed by atoms with E-state index in [2.05, 4.69) is 10.6 Å². The van der Waals surface area contributed by atoms with Crippen LogP contribution in [-0.2, 0) is 17.6 Å². The molecular formula is C17H16Cl2N2O2S. The fourth-order valence-electron chi connectivity index (χ4n) is 2.64. The van der Waals surface area contributed by atoms with Crippen LogP contribution in [0.5, 0.6) is 0 Å². The van der Waals surface area contributed by atoms with Crippen molar-refractivity contribution in [1.82, 2.24) is 5.32 Å². The first-order valence-corrected chi connectivity index (χ1v) is 9.25. The molecule has 126 valence electrons. The van der Waals surface area contributed by atoms with Crippen LogP contribution in [0.15, 0.2) is 24.3 Å². The highest BCUT2D eigenvalue weighted by atomic mass is 35.5. The summed E-state index contributed by atoms with van der Waals surface area (Å²) in [5.74, 6) is -0.574. The summed E-state index contributed by atoms with van der Waals surface area (Å²) in [6.07, 6.45) is 4.43. The molecule has 0 aliphatic heterocycles. The zero-order valence-corrected chi connectivity index (χ0v) is 15.2. The van der Waals surface area contributed by atoms with E-state index in [0.29, 0.717) is 20.6 Å². The minimum Gasteiger partial charge on any atom is -0.342 e. The van der Waals surface area contributed by atoms with Gasteiger partial charge in [0.15, 0.2) is 0 Å². The largest absolute Gasteiger partial charge is 0.342 e. The Bertz CT molecular complexity index is 765. The van der Waals surface area contributed by atoms with Crippen molar-refractivity contribution < 1.29 is 9.59 Å². The van der Waals surface area contributed by atoms with E-state index in [4.69, 9.17) is 23.2 Å². The summed E-state index contributed by atoms with van der Waals surface area (Å²) in [6.45, 7) is -0.121. The molecule has 1 aliphatic carbocycles. The third-order valence-electron chi connectivity index (χ3n) is 3.83. The minimum absolute atomic E-state index is 0.121. The Morgan fingerprint density at radius 2 is 1.92 bits per heavy atom. The maximum absolute atomic E-state index is 12.2. The lowest BCUT2D eigenvalue weighted by molar-refractivity contribution is -0.115. The second kappa shape index (κ2) is 7.55. The molecule has 3 rings (SSSR count). The fourth-order valence-corrected chi connectivity index (χ4v) is 4.14. The maximum atomic E-state index is 12.2. The number of carbonyl (C=O) groups excluding carboxylic acids is 2. The fraction of sp³-hybridized carbons (Fsp3) is 0.294. The summed E-state index contributed by atoms with van der Waals surface area (Å²) in [6, 6.07) is 6.76. The summed E-state index contributed by atoms with van der Waals surface area (Å²) in [4.78, 5) is 26.2. The van der Waals surface area contributed by atoms with E-state index in [1.165, 1.54) is 34.6 Å². The summed E-state index contributed by atoms with van der Waals surface area (Å²) < 4.78 is 0. The number of anilines is 1. The molecule has 0 spiro atoms. The SMILES string of the molecule is O=C(CNC(=O)c1cc2c(s1)CCCC2)Nc1cc(Cl)ccc1Cl. The van der Waals surface area contributed by atoms with E-state index in [-0.39, 0.29) is 18.4 Å². The number of amides is 2. The molecule has 0 unspecified atom stereocenters. The molecule has 0 saturated carbocycles. The van der Waals surface area contributed by atoms with Gasteiger partial charge in [-0.25, -0.2) is 0 Å². The predicted molar refractivity (Wildman–Crippen MR) is 98.4 cm³/mol. The van der Waals surface area contributed by atoms with Crippen molar-refractivity contribution in [3.63, 3.8) is 0 Å². The van der Waals surface area contributed by atoms with Crippen molar-refractivity contribution >= 4 is 52.0 Å². The van der Waals surface area contributed by atoms with Gasteiger partial charge in [0, 0.05) is 9.90 Å². The first-order valence-electron chi connectivity index (χ1n) is 7.67. The molecule has 0 fully saturated rings. The zero-order chi connectivity index (χ0) is 17.1. The van der Waals surface area contributed by atoms with Gasteiger partial charge in [-0.3, -0.25) is 9.59 Å². The third kappa shape index (κ3) is 4.09. The highest BCUT2D eigenvalue weighted by molar-refractivity contribution is 7.14. The van der Waals surface area contributed by atoms with Gasteiger partial charge in [-0.2, -0.15) is 0 Å². The Balaban J connectivity index is 1.56. The number of halogens is 2. The Kier molecular flexibility index (Phi) is 5.43. The normalized spacial score (nSPS) is 13.2. The summed E-state index contributed by atoms with van der Waals surface area (Å²) in [5, 5.41) is 6.15. The van der Waals surface area contributed by atoms with Gasteiger partial charge in [-0.1, -0.05) is 23.2 Å². The van der Waals surface area contributed by atoms with Gasteiger partial charge >= 0.3 is 0 Å². The Morgan fingerprint density at radius 3 is 2.71 bits per heavy atom. The van der Waals surface area contributed by atoms with Gasteiger partial charge < -0.3 is 10.6 Å². The zero-order valence-electron chi connectivity index (χ0n) is 12.8. The second-order valence-corrected chi connectivity index (χ2v) is 7.60. The van der Waals surface area contributed by atoms with E-state index >= 15 is 0 Å². The summed E-state index contributed by atoms with van der Waals surface area (Å²) in [7, 11) is 0. The van der Waals surface area contributed by atoms with Gasteiger partial charge in [0.05, 0.1) is 22.1 Å². The topological polar surface area (TPSA) is 58.2 Å². The molecule has 0 atom stereocenters. The number of hydrogen-bond donors (Lipinski definition) is 2. The lowest BCUT2D eigenvalue weighted by Gasteiger charge is -2.08. The molecule has 1 aromatic heterocycles. The van der Waals surface area contributed by atoms with Crippen LogP contribution >= 0.6 is 34.5 Å². The number of hydrogen-bond acceptors (Lipinski definition) is 3. The molecule has 24 heavy (non-hydrogen) atoms. The van der Waals surface area contributed by atoms with Crippen molar-refractivity contribution in [2.75, 3.05) is 11.9 Å². The average molecular weight is 383 g/mol. The molecule has 2 aromatic rings. The van der Waals surface area contributed by atoms with Crippen molar-refractivity contribution in [3.8, 4) is 0 Å². The Morgan fingerprint density at radius 1 is 1.12 bits per heavy atom. The Hall–Kier alpha value is -1.56. The van der Waals surface area contributed by atoms with Crippen LogP contribution in [0.2, 0.25) is 10.0 Å². The molecule has 0 saturated heterocycles. The molecular weight excluding hydrogens is 367 g/mol. The number of aryl methyl sites for hydroxylation is 2. The first kappa shape index (κ1) is 17.3. The molecule has 2 N–H and O–H groups in total. The lowest BCUT2D eigenvalue weighted by atomic mass is 9.99. The van der Waals surface area contributed by atoms with Crippen molar-refractivity contribution in [2.45, 2.75) is 25.7 Å². The second-order valence-electron chi connectivity index (χ2n) is 5.62. The minimum atomic E-state index is -0.353. The van der Waals surface area contributed by atoms with Gasteiger partial charge in [-0.05, 0) is 55.5 Å². The molecule has 4 nitrogen and oxygen atoms in total. The summed E-state index contributed by atoms with van der Waals surface area (Å²) >= 11 is 13.4. The van der Waals surface area contributed by atoms with Crippen LogP contribution < -0.4 is 10.6 Å². The molecule has 1 heterocycles. The quantitative estimate of drug-likeness (QED) is 0.827. The van der Waals surface area contributed by atoms with Crippen LogP contribution in [0.1, 0.15) is 33.0 Å². The molecule has 2 amide bonds. The molecule has 0 bridgehead atoms. The van der Waals surface area contributed by atoms with Crippen LogP contribution in [0, 0.1) is 0 Å². The number of fused-ring (bicyclic) bond motifs is 1. The third-order valence-corrected chi connectivity index (χ3v) is 5.63. The van der Waals surface area contributed by atoms with Gasteiger partial charge in [0.1, 0.15) is 0 Å². The number of thiophene rings is 1. The monoisotopic (exact) mass is 382 g/mol. The van der Waals surface area contributed by atoms with Gasteiger partial charge in [0.2, 0.25) is 5.91 Å². The number of carbonyl (C=O) groups is 2. The molecule has 1 aliphatic rings. The molecule has 1 aromatic carbocycles. The Labute approximate surface area is 154 Å². The van der Waals surface area contributed by atoms with E-state index in [9.17, 15) is 9.59 Å². The highest BCUT2D eigenvalue weighted by Gasteiger charge is 2.17. The lowest BCUT2D eigenvalue weighted by Crippen LogP contribution is -2.32. The standard InChI is InChI=1S/C17H16Cl2N2O2S/c18-11-5-6-12(19)13(8-11)21-16(22)9-20-17(23)15-7-10-3-1-2-4-14(10)24-15/h5-8H,1-4,9H2,(H,20,23)(H,21,22). The average Bonchev–Trinajstić information content (AvgIpc) is 3.00. The predicted octanol–water partition coefficient (Wildman–Crippen LogP) is 4.30. The molecule has 0 radical (unpaired) electrons. The van der Waals surface area contributed by atoms with Crippen LogP contribution in [0.4, 0.5) is 5.69 Å².